The molecule has 2 aromatic carbocycles. The van der Waals surface area contributed by atoms with E-state index >= 15 is 0 Å². The van der Waals surface area contributed by atoms with Crippen LogP contribution in [0.15, 0.2) is 49.2 Å². The van der Waals surface area contributed by atoms with Gasteiger partial charge in [0.05, 0.1) is 28.6 Å². The lowest BCUT2D eigenvalue weighted by Crippen LogP contribution is -2.22. The first-order valence-electron chi connectivity index (χ1n) is 9.77. The maximum Gasteiger partial charge on any atom is 0.344 e. The van der Waals surface area contributed by atoms with E-state index < -0.39 is 23.1 Å². The van der Waals surface area contributed by atoms with E-state index in [0.29, 0.717) is 32.1 Å². The molecule has 0 saturated carbocycles. The number of nitro benzene ring substituents is 1. The predicted octanol–water partition coefficient (Wildman–Crippen LogP) is 4.22. The Morgan fingerprint density at radius 1 is 1.24 bits per heavy atom. The molecule has 172 valence electrons. The maximum atomic E-state index is 13.1. The van der Waals surface area contributed by atoms with E-state index in [0.717, 1.165) is 4.68 Å². The van der Waals surface area contributed by atoms with Crippen LogP contribution in [0.5, 0.6) is 5.75 Å². The van der Waals surface area contributed by atoms with Gasteiger partial charge in [-0.05, 0) is 31.2 Å². The SMILES string of the molecule is CCOC(=O)COc1c(C=Nn2c(CC)nc3ccc(Br)cc3c2=O)cc(Br)cc1[N+](=O)[O-]. The Hall–Kier alpha value is -3.12. The first-order chi connectivity index (χ1) is 15.7. The van der Waals surface area contributed by atoms with Crippen LogP contribution in [0.1, 0.15) is 25.2 Å². The largest absolute Gasteiger partial charge is 0.474 e. The van der Waals surface area contributed by atoms with Crippen LogP contribution in [0.2, 0.25) is 0 Å². The second-order valence-corrected chi connectivity index (χ2v) is 8.43. The number of nitrogens with zero attached hydrogens (tertiary/aromatic N) is 4. The molecule has 0 saturated heterocycles. The molecule has 0 bridgehead atoms. The lowest BCUT2D eigenvalue weighted by Gasteiger charge is -2.11. The smallest absolute Gasteiger partial charge is 0.344 e. The molecule has 0 amide bonds. The summed E-state index contributed by atoms with van der Waals surface area (Å²) in [7, 11) is 0. The molecule has 1 heterocycles. The van der Waals surface area contributed by atoms with Crippen LogP contribution in [0.4, 0.5) is 5.69 Å². The van der Waals surface area contributed by atoms with Crippen molar-refractivity contribution >= 4 is 60.6 Å². The Labute approximate surface area is 204 Å². The minimum absolute atomic E-state index is 0.146. The fraction of sp³-hybridized carbons (Fsp3) is 0.238. The zero-order valence-electron chi connectivity index (χ0n) is 17.6. The van der Waals surface area contributed by atoms with Crippen LogP contribution in [0, 0.1) is 10.1 Å². The molecule has 0 spiro atoms. The molecule has 10 nitrogen and oxygen atoms in total. The summed E-state index contributed by atoms with van der Waals surface area (Å²) in [5.74, 6) is -0.446. The zero-order valence-corrected chi connectivity index (χ0v) is 20.8. The van der Waals surface area contributed by atoms with Gasteiger partial charge in [0.2, 0.25) is 5.75 Å². The topological polar surface area (TPSA) is 126 Å². The number of nitro groups is 1. The number of benzene rings is 2. The lowest BCUT2D eigenvalue weighted by molar-refractivity contribution is -0.385. The standard InChI is InChI=1S/C21H18Br2N4O6/c1-3-18-25-16-6-5-13(22)8-15(16)21(29)26(18)24-10-12-7-14(23)9-17(27(30)31)20(12)33-11-19(28)32-4-2/h5-10H,3-4,11H2,1-2H3. The van der Waals surface area contributed by atoms with Crippen LogP contribution in [0.25, 0.3) is 10.9 Å². The number of fused-ring (bicyclic) bond motifs is 1. The number of hydrogen-bond donors (Lipinski definition) is 0. The van der Waals surface area contributed by atoms with Crippen molar-refractivity contribution in [2.45, 2.75) is 20.3 Å². The van der Waals surface area contributed by atoms with Crippen molar-refractivity contribution in [3.8, 4) is 5.75 Å². The molecule has 12 heteroatoms. The van der Waals surface area contributed by atoms with E-state index in [-0.39, 0.29) is 23.6 Å². The Balaban J connectivity index is 2.12. The van der Waals surface area contributed by atoms with E-state index in [2.05, 4.69) is 41.9 Å². The number of carbonyl (C=O) groups is 1. The Kier molecular flexibility index (Phi) is 7.92. The van der Waals surface area contributed by atoms with Gasteiger partial charge in [0.25, 0.3) is 5.56 Å². The molecule has 0 atom stereocenters. The van der Waals surface area contributed by atoms with Gasteiger partial charge in [-0.2, -0.15) is 9.78 Å². The molecule has 0 aliphatic heterocycles. The summed E-state index contributed by atoms with van der Waals surface area (Å²) >= 11 is 6.57. The monoisotopic (exact) mass is 580 g/mol. The van der Waals surface area contributed by atoms with Crippen molar-refractivity contribution in [1.82, 2.24) is 9.66 Å². The zero-order chi connectivity index (χ0) is 24.1. The van der Waals surface area contributed by atoms with Gasteiger partial charge >= 0.3 is 11.7 Å². The number of aryl methyl sites for hydroxylation is 1. The molecule has 33 heavy (non-hydrogen) atoms. The third-order valence-corrected chi connectivity index (χ3v) is 5.35. The van der Waals surface area contributed by atoms with Gasteiger partial charge in [-0.15, -0.1) is 0 Å². The fourth-order valence-electron chi connectivity index (χ4n) is 2.98. The van der Waals surface area contributed by atoms with Crippen molar-refractivity contribution in [3.05, 3.63) is 71.1 Å². The highest BCUT2D eigenvalue weighted by atomic mass is 79.9. The second-order valence-electron chi connectivity index (χ2n) is 6.60. The molecular formula is C21H18Br2N4O6. The van der Waals surface area contributed by atoms with Crippen LogP contribution in [0.3, 0.4) is 0 Å². The van der Waals surface area contributed by atoms with Gasteiger partial charge in [0.15, 0.2) is 6.61 Å². The van der Waals surface area contributed by atoms with E-state index in [1.807, 2.05) is 6.92 Å². The summed E-state index contributed by atoms with van der Waals surface area (Å²) in [6, 6.07) is 7.94. The summed E-state index contributed by atoms with van der Waals surface area (Å²) < 4.78 is 12.5. The van der Waals surface area contributed by atoms with Gasteiger partial charge in [-0.1, -0.05) is 38.8 Å². The normalized spacial score (nSPS) is 11.2. The molecule has 0 radical (unpaired) electrons. The minimum Gasteiger partial charge on any atom is -0.474 e. The van der Waals surface area contributed by atoms with Gasteiger partial charge in [-0.25, -0.2) is 9.78 Å². The molecule has 0 fully saturated rings. The Morgan fingerprint density at radius 2 is 2.00 bits per heavy atom. The summed E-state index contributed by atoms with van der Waals surface area (Å²) in [5.41, 5.74) is -0.0571. The molecule has 0 N–H and O–H groups in total. The quantitative estimate of drug-likeness (QED) is 0.169. The number of rotatable bonds is 8. The fourth-order valence-corrected chi connectivity index (χ4v) is 3.81. The highest BCUT2D eigenvalue weighted by Crippen LogP contribution is 2.34. The van der Waals surface area contributed by atoms with Gasteiger partial charge < -0.3 is 9.47 Å². The van der Waals surface area contributed by atoms with Crippen LogP contribution in [-0.4, -0.2) is 40.0 Å². The van der Waals surface area contributed by atoms with Gasteiger partial charge in [0, 0.05) is 27.0 Å². The average molecular weight is 582 g/mol. The van der Waals surface area contributed by atoms with Gasteiger partial charge in [-0.3, -0.25) is 14.9 Å². The number of ether oxygens (including phenoxy) is 2. The third kappa shape index (κ3) is 5.63. The summed E-state index contributed by atoms with van der Waals surface area (Å²) in [6.45, 7) is 3.09. The van der Waals surface area contributed by atoms with E-state index in [4.69, 9.17) is 9.47 Å². The number of esters is 1. The van der Waals surface area contributed by atoms with E-state index in [1.165, 1.54) is 18.3 Å². The maximum absolute atomic E-state index is 13.1. The molecule has 0 aliphatic carbocycles. The Bertz CT molecular complexity index is 1320. The first-order valence-corrected chi connectivity index (χ1v) is 11.4. The van der Waals surface area contributed by atoms with Crippen molar-refractivity contribution < 1.29 is 19.2 Å². The second kappa shape index (κ2) is 10.7. The van der Waals surface area contributed by atoms with Crippen molar-refractivity contribution in [1.29, 1.82) is 0 Å². The predicted molar refractivity (Wildman–Crippen MR) is 129 cm³/mol. The Morgan fingerprint density at radius 3 is 2.67 bits per heavy atom. The molecule has 1 aromatic heterocycles. The number of halogens is 2. The first kappa shape index (κ1) is 24.5. The van der Waals surface area contributed by atoms with Crippen LogP contribution < -0.4 is 10.3 Å². The van der Waals surface area contributed by atoms with Crippen molar-refractivity contribution in [2.24, 2.45) is 5.10 Å². The average Bonchev–Trinajstić information content (AvgIpc) is 2.77. The van der Waals surface area contributed by atoms with E-state index in [9.17, 15) is 19.7 Å². The van der Waals surface area contributed by atoms with Gasteiger partial charge in [0.1, 0.15) is 5.82 Å². The summed E-state index contributed by atoms with van der Waals surface area (Å²) in [4.78, 5) is 40.2. The van der Waals surface area contributed by atoms with Crippen molar-refractivity contribution in [2.75, 3.05) is 13.2 Å². The number of hydrogen-bond acceptors (Lipinski definition) is 8. The molecule has 3 rings (SSSR count). The molecule has 0 unspecified atom stereocenters. The lowest BCUT2D eigenvalue weighted by atomic mass is 10.2. The minimum atomic E-state index is -0.675. The number of carbonyl (C=O) groups excluding carboxylic acids is 1. The molecular weight excluding hydrogens is 564 g/mol. The van der Waals surface area contributed by atoms with E-state index in [1.54, 1.807) is 25.1 Å². The highest BCUT2D eigenvalue weighted by molar-refractivity contribution is 9.10. The van der Waals surface area contributed by atoms with Crippen molar-refractivity contribution in [3.63, 3.8) is 0 Å². The number of aromatic nitrogens is 2. The van der Waals surface area contributed by atoms with Crippen LogP contribution in [-0.2, 0) is 16.0 Å². The molecule has 3 aromatic rings. The summed E-state index contributed by atoms with van der Waals surface area (Å²) in [5, 5.41) is 16.2. The molecule has 0 aliphatic rings. The third-order valence-electron chi connectivity index (χ3n) is 4.40. The summed E-state index contributed by atoms with van der Waals surface area (Å²) in [6.07, 6.45) is 1.67. The van der Waals surface area contributed by atoms with Crippen LogP contribution >= 0.6 is 31.9 Å². The highest BCUT2D eigenvalue weighted by Gasteiger charge is 2.22.